The highest BCUT2D eigenvalue weighted by Gasteiger charge is 2.09. The fourth-order valence-corrected chi connectivity index (χ4v) is 2.36. The molecule has 0 fully saturated rings. The zero-order valence-corrected chi connectivity index (χ0v) is 11.3. The van der Waals surface area contributed by atoms with Crippen molar-refractivity contribution in [3.05, 3.63) is 42.0 Å². The van der Waals surface area contributed by atoms with Crippen molar-refractivity contribution in [3.63, 3.8) is 0 Å². The van der Waals surface area contributed by atoms with Crippen molar-refractivity contribution in [1.29, 1.82) is 0 Å². The van der Waals surface area contributed by atoms with E-state index in [9.17, 15) is 0 Å². The third-order valence-electron chi connectivity index (χ3n) is 3.41. The van der Waals surface area contributed by atoms with Gasteiger partial charge in [0.05, 0.1) is 0 Å². The third kappa shape index (κ3) is 4.46. The Kier molecular flexibility index (Phi) is 5.52. The second-order valence-electron chi connectivity index (χ2n) is 4.88. The molecule has 0 spiro atoms. The Morgan fingerprint density at radius 3 is 3.00 bits per heavy atom. The SMILES string of the molecule is C#CCOc1ccccc1CNCC1CC=CCC1. The monoisotopic (exact) mass is 255 g/mol. The summed E-state index contributed by atoms with van der Waals surface area (Å²) in [4.78, 5) is 0. The minimum absolute atomic E-state index is 0.324. The molecule has 0 radical (unpaired) electrons. The van der Waals surface area contributed by atoms with E-state index in [-0.39, 0.29) is 0 Å². The van der Waals surface area contributed by atoms with Crippen LogP contribution >= 0.6 is 0 Å². The van der Waals surface area contributed by atoms with E-state index in [1.807, 2.05) is 18.2 Å². The molecule has 1 unspecified atom stereocenters. The van der Waals surface area contributed by atoms with Gasteiger partial charge in [0, 0.05) is 12.1 Å². The summed E-state index contributed by atoms with van der Waals surface area (Å²) in [6.07, 6.45) is 13.5. The molecule has 2 nitrogen and oxygen atoms in total. The van der Waals surface area contributed by atoms with Crippen LogP contribution in [0.1, 0.15) is 24.8 Å². The highest BCUT2D eigenvalue weighted by molar-refractivity contribution is 5.33. The van der Waals surface area contributed by atoms with Gasteiger partial charge in [-0.05, 0) is 37.8 Å². The van der Waals surface area contributed by atoms with Crippen molar-refractivity contribution in [3.8, 4) is 18.1 Å². The second kappa shape index (κ2) is 7.66. The summed E-state index contributed by atoms with van der Waals surface area (Å²) in [5, 5.41) is 3.52. The number of terminal acetylenes is 1. The van der Waals surface area contributed by atoms with Crippen LogP contribution in [0.2, 0.25) is 0 Å². The van der Waals surface area contributed by atoms with Crippen LogP contribution in [-0.4, -0.2) is 13.2 Å². The van der Waals surface area contributed by atoms with Crippen molar-refractivity contribution in [2.45, 2.75) is 25.8 Å². The fraction of sp³-hybridized carbons (Fsp3) is 0.412. The molecule has 1 aromatic rings. The topological polar surface area (TPSA) is 21.3 Å². The minimum atomic E-state index is 0.324. The van der Waals surface area contributed by atoms with Crippen molar-refractivity contribution in [2.24, 2.45) is 5.92 Å². The first-order valence-corrected chi connectivity index (χ1v) is 6.90. The molecule has 0 aromatic heterocycles. The maximum atomic E-state index is 5.54. The number of rotatable bonds is 6. The molecule has 1 aliphatic carbocycles. The Balaban J connectivity index is 1.81. The molecule has 1 aromatic carbocycles. The third-order valence-corrected chi connectivity index (χ3v) is 3.41. The number of para-hydroxylation sites is 1. The number of hydrogen-bond donors (Lipinski definition) is 1. The molecule has 0 heterocycles. The van der Waals surface area contributed by atoms with Crippen LogP contribution in [0.4, 0.5) is 0 Å². The normalized spacial score (nSPS) is 17.9. The summed E-state index contributed by atoms with van der Waals surface area (Å²) in [5.74, 6) is 4.15. The van der Waals surface area contributed by atoms with Crippen molar-refractivity contribution >= 4 is 0 Å². The smallest absolute Gasteiger partial charge is 0.148 e. The molecule has 0 aliphatic heterocycles. The van der Waals surface area contributed by atoms with Crippen molar-refractivity contribution in [2.75, 3.05) is 13.2 Å². The van der Waals surface area contributed by atoms with Gasteiger partial charge in [-0.15, -0.1) is 6.42 Å². The maximum Gasteiger partial charge on any atom is 0.148 e. The molecule has 1 aliphatic rings. The molecule has 0 saturated carbocycles. The summed E-state index contributed by atoms with van der Waals surface area (Å²) >= 11 is 0. The lowest BCUT2D eigenvalue weighted by molar-refractivity contribution is 0.363. The number of nitrogens with one attached hydrogen (secondary N) is 1. The van der Waals surface area contributed by atoms with Crippen LogP contribution in [0.15, 0.2) is 36.4 Å². The number of hydrogen-bond acceptors (Lipinski definition) is 2. The van der Waals surface area contributed by atoms with E-state index in [1.165, 1.54) is 24.8 Å². The Morgan fingerprint density at radius 1 is 1.32 bits per heavy atom. The molecule has 2 heteroatoms. The minimum Gasteiger partial charge on any atom is -0.481 e. The van der Waals surface area contributed by atoms with E-state index in [4.69, 9.17) is 11.2 Å². The maximum absolute atomic E-state index is 5.54. The van der Waals surface area contributed by atoms with Gasteiger partial charge in [-0.2, -0.15) is 0 Å². The van der Waals surface area contributed by atoms with Crippen molar-refractivity contribution < 1.29 is 4.74 Å². The second-order valence-corrected chi connectivity index (χ2v) is 4.88. The molecule has 1 atom stereocenters. The van der Waals surface area contributed by atoms with Gasteiger partial charge in [-0.3, -0.25) is 0 Å². The summed E-state index contributed by atoms with van der Waals surface area (Å²) in [5.41, 5.74) is 1.17. The Morgan fingerprint density at radius 2 is 2.21 bits per heavy atom. The standard InChI is InChI=1S/C17H21NO/c1-2-12-19-17-11-7-6-10-16(17)14-18-13-15-8-4-3-5-9-15/h1,3-4,6-7,10-11,15,18H,5,8-9,12-14H2. The zero-order valence-electron chi connectivity index (χ0n) is 11.3. The highest BCUT2D eigenvalue weighted by atomic mass is 16.5. The van der Waals surface area contributed by atoms with Gasteiger partial charge in [0.2, 0.25) is 0 Å². The van der Waals surface area contributed by atoms with E-state index >= 15 is 0 Å². The van der Waals surface area contributed by atoms with E-state index in [1.54, 1.807) is 0 Å². The Hall–Kier alpha value is -1.72. The molecule has 0 bridgehead atoms. The fourth-order valence-electron chi connectivity index (χ4n) is 2.36. The predicted octanol–water partition coefficient (Wildman–Crippen LogP) is 3.14. The van der Waals surface area contributed by atoms with Crippen LogP contribution in [0.25, 0.3) is 0 Å². The number of allylic oxidation sites excluding steroid dienone is 2. The first-order chi connectivity index (χ1) is 9.40. The highest BCUT2D eigenvalue weighted by Crippen LogP contribution is 2.19. The van der Waals surface area contributed by atoms with Gasteiger partial charge in [0.15, 0.2) is 0 Å². The lowest BCUT2D eigenvalue weighted by Crippen LogP contribution is -2.23. The van der Waals surface area contributed by atoms with E-state index in [2.05, 4.69) is 29.5 Å². The van der Waals surface area contributed by atoms with Crippen LogP contribution in [-0.2, 0) is 6.54 Å². The van der Waals surface area contributed by atoms with Crippen LogP contribution < -0.4 is 10.1 Å². The van der Waals surface area contributed by atoms with E-state index in [0.29, 0.717) is 6.61 Å². The van der Waals surface area contributed by atoms with Gasteiger partial charge in [-0.1, -0.05) is 36.3 Å². The first kappa shape index (κ1) is 13.7. The van der Waals surface area contributed by atoms with Crippen LogP contribution in [0, 0.1) is 18.3 Å². The van der Waals surface area contributed by atoms with Crippen molar-refractivity contribution in [1.82, 2.24) is 5.32 Å². The van der Waals surface area contributed by atoms with Crippen LogP contribution in [0.3, 0.4) is 0 Å². The lowest BCUT2D eigenvalue weighted by Gasteiger charge is -2.18. The Labute approximate surface area is 115 Å². The molecule has 19 heavy (non-hydrogen) atoms. The van der Waals surface area contributed by atoms with E-state index < -0.39 is 0 Å². The van der Waals surface area contributed by atoms with Gasteiger partial charge >= 0.3 is 0 Å². The van der Waals surface area contributed by atoms with Gasteiger partial charge in [0.1, 0.15) is 12.4 Å². The average Bonchev–Trinajstić information content (AvgIpc) is 2.47. The number of benzene rings is 1. The molecular weight excluding hydrogens is 234 g/mol. The molecular formula is C17H21NO. The van der Waals surface area contributed by atoms with Gasteiger partial charge in [-0.25, -0.2) is 0 Å². The largest absolute Gasteiger partial charge is 0.481 e. The summed E-state index contributed by atoms with van der Waals surface area (Å²) < 4.78 is 5.54. The molecule has 0 amide bonds. The lowest BCUT2D eigenvalue weighted by atomic mass is 9.94. The van der Waals surface area contributed by atoms with E-state index in [0.717, 1.165) is 24.8 Å². The van der Waals surface area contributed by atoms with Gasteiger partial charge < -0.3 is 10.1 Å². The predicted molar refractivity (Wildman–Crippen MR) is 79.0 cm³/mol. The zero-order chi connectivity index (χ0) is 13.3. The van der Waals surface area contributed by atoms with Crippen LogP contribution in [0.5, 0.6) is 5.75 Å². The first-order valence-electron chi connectivity index (χ1n) is 6.90. The average molecular weight is 255 g/mol. The molecule has 1 N–H and O–H groups in total. The molecule has 2 rings (SSSR count). The Bertz CT molecular complexity index is 459. The quantitative estimate of drug-likeness (QED) is 0.623. The number of ether oxygens (including phenoxy) is 1. The summed E-state index contributed by atoms with van der Waals surface area (Å²) in [6, 6.07) is 8.06. The summed E-state index contributed by atoms with van der Waals surface area (Å²) in [7, 11) is 0. The molecule has 100 valence electrons. The molecule has 0 saturated heterocycles. The summed E-state index contributed by atoms with van der Waals surface area (Å²) in [6.45, 7) is 2.22. The van der Waals surface area contributed by atoms with Gasteiger partial charge in [0.25, 0.3) is 0 Å².